The molecule has 1 N–H and O–H groups in total. The van der Waals surface area contributed by atoms with Crippen molar-refractivity contribution in [2.24, 2.45) is 0 Å². The number of rotatable bonds is 1. The Balaban J connectivity index is 1.83. The van der Waals surface area contributed by atoms with Gasteiger partial charge in [-0.2, -0.15) is 5.26 Å². The van der Waals surface area contributed by atoms with Gasteiger partial charge < -0.3 is 10.2 Å². The third-order valence-corrected chi connectivity index (χ3v) is 3.09. The number of hydrogen-bond donors (Lipinski definition) is 1. The average molecular weight is 200 g/mol. The first kappa shape index (κ1) is 8.69. The molecule has 3 rings (SSSR count). The molecule has 0 spiro atoms. The van der Waals surface area contributed by atoms with Gasteiger partial charge in [-0.1, -0.05) is 0 Å². The van der Waals surface area contributed by atoms with E-state index in [-0.39, 0.29) is 0 Å². The number of hydrogen-bond acceptors (Lipinski definition) is 4. The molecule has 1 aromatic rings. The van der Waals surface area contributed by atoms with Gasteiger partial charge in [-0.05, 0) is 18.6 Å². The highest BCUT2D eigenvalue weighted by Gasteiger charge is 2.44. The summed E-state index contributed by atoms with van der Waals surface area (Å²) in [4.78, 5) is 6.66. The summed E-state index contributed by atoms with van der Waals surface area (Å²) in [5.41, 5.74) is 0.626. The molecule has 15 heavy (non-hydrogen) atoms. The molecule has 1 saturated carbocycles. The van der Waals surface area contributed by atoms with Crippen molar-refractivity contribution in [2.45, 2.75) is 18.5 Å². The van der Waals surface area contributed by atoms with E-state index < -0.39 is 0 Å². The zero-order chi connectivity index (χ0) is 10.3. The van der Waals surface area contributed by atoms with Gasteiger partial charge in [-0.25, -0.2) is 4.98 Å². The monoisotopic (exact) mass is 200 g/mol. The predicted molar refractivity (Wildman–Crippen MR) is 56.5 cm³/mol. The topological polar surface area (TPSA) is 52.0 Å². The van der Waals surface area contributed by atoms with E-state index in [1.165, 1.54) is 6.42 Å². The van der Waals surface area contributed by atoms with E-state index in [0.717, 1.165) is 18.9 Å². The number of piperazine rings is 1. The number of fused-ring (bicyclic) bond motifs is 1. The van der Waals surface area contributed by atoms with Crippen molar-refractivity contribution in [1.29, 1.82) is 5.26 Å². The Labute approximate surface area is 88.5 Å². The lowest BCUT2D eigenvalue weighted by atomic mass is 10.3. The third-order valence-electron chi connectivity index (χ3n) is 3.09. The van der Waals surface area contributed by atoms with E-state index in [2.05, 4.69) is 21.3 Å². The summed E-state index contributed by atoms with van der Waals surface area (Å²) < 4.78 is 0. The number of nitriles is 1. The SMILES string of the molecule is N#Cc1ccc(N2CCNC3CC32)nc1. The van der Waals surface area contributed by atoms with Gasteiger partial charge >= 0.3 is 0 Å². The molecule has 1 aliphatic carbocycles. The molecule has 2 aliphatic rings. The van der Waals surface area contributed by atoms with Crippen molar-refractivity contribution in [2.75, 3.05) is 18.0 Å². The van der Waals surface area contributed by atoms with E-state index >= 15 is 0 Å². The van der Waals surface area contributed by atoms with Crippen molar-refractivity contribution in [1.82, 2.24) is 10.3 Å². The van der Waals surface area contributed by atoms with Crippen LogP contribution in [-0.4, -0.2) is 30.2 Å². The van der Waals surface area contributed by atoms with E-state index in [1.807, 2.05) is 12.1 Å². The molecule has 4 nitrogen and oxygen atoms in total. The number of nitrogens with one attached hydrogen (secondary N) is 1. The van der Waals surface area contributed by atoms with Gasteiger partial charge in [0.25, 0.3) is 0 Å². The largest absolute Gasteiger partial charge is 0.351 e. The summed E-state index contributed by atoms with van der Waals surface area (Å²) in [6.45, 7) is 2.04. The van der Waals surface area contributed by atoms with E-state index in [0.29, 0.717) is 17.6 Å². The molecule has 1 saturated heterocycles. The fraction of sp³-hybridized carbons (Fsp3) is 0.455. The van der Waals surface area contributed by atoms with Crippen LogP contribution in [0.2, 0.25) is 0 Å². The van der Waals surface area contributed by atoms with Crippen molar-refractivity contribution < 1.29 is 0 Å². The molecule has 0 amide bonds. The highest BCUT2D eigenvalue weighted by atomic mass is 15.3. The second-order valence-corrected chi connectivity index (χ2v) is 4.07. The van der Waals surface area contributed by atoms with Crippen molar-refractivity contribution in [3.05, 3.63) is 23.9 Å². The molecule has 2 fully saturated rings. The molecule has 76 valence electrons. The Kier molecular flexibility index (Phi) is 1.86. The minimum Gasteiger partial charge on any atom is -0.351 e. The first-order chi connectivity index (χ1) is 7.38. The van der Waals surface area contributed by atoms with Crippen LogP contribution < -0.4 is 10.2 Å². The maximum atomic E-state index is 8.69. The Morgan fingerprint density at radius 2 is 2.47 bits per heavy atom. The summed E-state index contributed by atoms with van der Waals surface area (Å²) in [6.07, 6.45) is 2.87. The van der Waals surface area contributed by atoms with Crippen LogP contribution in [0.25, 0.3) is 0 Å². The van der Waals surface area contributed by atoms with Crippen LogP contribution in [-0.2, 0) is 0 Å². The standard InChI is InChI=1S/C11H12N4/c12-6-8-1-2-11(14-7-8)15-4-3-13-9-5-10(9)15/h1-2,7,9-10,13H,3-5H2. The van der Waals surface area contributed by atoms with Gasteiger partial charge in [0.05, 0.1) is 5.56 Å². The van der Waals surface area contributed by atoms with Gasteiger partial charge in [-0.3, -0.25) is 0 Å². The minimum atomic E-state index is 0.624. The molecule has 0 bridgehead atoms. The van der Waals surface area contributed by atoms with Crippen LogP contribution in [0.5, 0.6) is 0 Å². The maximum absolute atomic E-state index is 8.69. The van der Waals surface area contributed by atoms with Gasteiger partial charge in [0.1, 0.15) is 11.9 Å². The van der Waals surface area contributed by atoms with Crippen LogP contribution >= 0.6 is 0 Å². The van der Waals surface area contributed by atoms with Gasteiger partial charge in [0.2, 0.25) is 0 Å². The Morgan fingerprint density at radius 3 is 3.20 bits per heavy atom. The summed E-state index contributed by atoms with van der Waals surface area (Å²) in [6, 6.07) is 7.15. The first-order valence-electron chi connectivity index (χ1n) is 5.24. The molecule has 1 aliphatic heterocycles. The quantitative estimate of drug-likeness (QED) is 0.717. The molecule has 0 radical (unpaired) electrons. The third kappa shape index (κ3) is 1.45. The average Bonchev–Trinajstić information content (AvgIpc) is 3.08. The summed E-state index contributed by atoms with van der Waals surface area (Å²) in [5, 5.41) is 12.1. The van der Waals surface area contributed by atoms with E-state index in [1.54, 1.807) is 6.20 Å². The molecule has 0 aromatic carbocycles. The molecular formula is C11H12N4. The van der Waals surface area contributed by atoms with Gasteiger partial charge in [-0.15, -0.1) is 0 Å². The van der Waals surface area contributed by atoms with Crippen LogP contribution in [0.3, 0.4) is 0 Å². The smallest absolute Gasteiger partial charge is 0.128 e. The second kappa shape index (κ2) is 3.21. The number of anilines is 1. The summed E-state index contributed by atoms with van der Waals surface area (Å²) in [5.74, 6) is 1.00. The first-order valence-corrected chi connectivity index (χ1v) is 5.24. The van der Waals surface area contributed by atoms with Crippen LogP contribution in [0.15, 0.2) is 18.3 Å². The lowest BCUT2D eigenvalue weighted by Crippen LogP contribution is -2.43. The Hall–Kier alpha value is -1.60. The van der Waals surface area contributed by atoms with Crippen molar-refractivity contribution in [3.8, 4) is 6.07 Å². The lowest BCUT2D eigenvalue weighted by Gasteiger charge is -2.28. The number of pyridine rings is 1. The van der Waals surface area contributed by atoms with Crippen molar-refractivity contribution in [3.63, 3.8) is 0 Å². The van der Waals surface area contributed by atoms with Crippen LogP contribution in [0.4, 0.5) is 5.82 Å². The molecule has 2 heterocycles. The molecular weight excluding hydrogens is 188 g/mol. The number of nitrogens with zero attached hydrogens (tertiary/aromatic N) is 3. The van der Waals surface area contributed by atoms with Gasteiger partial charge in [0, 0.05) is 31.4 Å². The number of aromatic nitrogens is 1. The van der Waals surface area contributed by atoms with Crippen molar-refractivity contribution >= 4 is 5.82 Å². The van der Waals surface area contributed by atoms with E-state index in [4.69, 9.17) is 5.26 Å². The van der Waals surface area contributed by atoms with E-state index in [9.17, 15) is 0 Å². The molecule has 4 heteroatoms. The fourth-order valence-electron chi connectivity index (χ4n) is 2.19. The lowest BCUT2D eigenvalue weighted by molar-refractivity contribution is 0.577. The normalized spacial score (nSPS) is 28.1. The van der Waals surface area contributed by atoms with Gasteiger partial charge in [0.15, 0.2) is 0 Å². The van der Waals surface area contributed by atoms with Crippen LogP contribution in [0, 0.1) is 11.3 Å². The predicted octanol–water partition coefficient (Wildman–Crippen LogP) is 0.504. The molecule has 2 atom stereocenters. The summed E-state index contributed by atoms with van der Waals surface area (Å²) in [7, 11) is 0. The molecule has 1 aromatic heterocycles. The zero-order valence-corrected chi connectivity index (χ0v) is 8.35. The zero-order valence-electron chi connectivity index (χ0n) is 8.35. The second-order valence-electron chi connectivity index (χ2n) is 4.07. The van der Waals surface area contributed by atoms with Crippen LogP contribution in [0.1, 0.15) is 12.0 Å². The summed E-state index contributed by atoms with van der Waals surface area (Å²) >= 11 is 0. The Morgan fingerprint density at radius 1 is 1.53 bits per heavy atom. The highest BCUT2D eigenvalue weighted by molar-refractivity contribution is 5.46. The Bertz CT molecular complexity index is 406. The fourth-order valence-corrected chi connectivity index (χ4v) is 2.19. The minimum absolute atomic E-state index is 0.624. The maximum Gasteiger partial charge on any atom is 0.128 e. The molecule has 2 unspecified atom stereocenters. The highest BCUT2D eigenvalue weighted by Crippen LogP contribution is 2.33.